The minimum atomic E-state index is -4.56. The molecule has 0 saturated carbocycles. The van der Waals surface area contributed by atoms with Gasteiger partial charge in [-0.25, -0.2) is 0 Å². The van der Waals surface area contributed by atoms with Crippen molar-refractivity contribution in [3.8, 4) is 5.75 Å². The Balaban J connectivity index is 1.70. The minimum Gasteiger partial charge on any atom is -0.497 e. The first kappa shape index (κ1) is 26.4. The van der Waals surface area contributed by atoms with Crippen LogP contribution in [-0.4, -0.2) is 24.2 Å². The maximum absolute atomic E-state index is 13.0. The van der Waals surface area contributed by atoms with Gasteiger partial charge in [-0.3, -0.25) is 9.59 Å². The second kappa shape index (κ2) is 11.5. The summed E-state index contributed by atoms with van der Waals surface area (Å²) in [6.07, 6.45) is -4.15. The van der Waals surface area contributed by atoms with Crippen molar-refractivity contribution in [3.05, 3.63) is 82.9 Å². The first-order valence-electron chi connectivity index (χ1n) is 10.5. The molecule has 0 radical (unpaired) electrons. The van der Waals surface area contributed by atoms with Crippen LogP contribution in [0.1, 0.15) is 29.3 Å². The molecule has 1 atom stereocenters. The van der Waals surface area contributed by atoms with E-state index in [0.717, 1.165) is 18.2 Å². The monoisotopic (exact) mass is 522 g/mol. The smallest absolute Gasteiger partial charge is 0.416 e. The van der Waals surface area contributed by atoms with Gasteiger partial charge in [0.1, 0.15) is 5.75 Å². The maximum Gasteiger partial charge on any atom is 0.416 e. The summed E-state index contributed by atoms with van der Waals surface area (Å²) in [5.74, 6) is -0.251. The van der Waals surface area contributed by atoms with E-state index < -0.39 is 22.9 Å². The van der Waals surface area contributed by atoms with Gasteiger partial charge in [-0.15, -0.1) is 11.8 Å². The highest BCUT2D eigenvalue weighted by molar-refractivity contribution is 8.00. The van der Waals surface area contributed by atoms with Crippen molar-refractivity contribution in [2.75, 3.05) is 17.7 Å². The lowest BCUT2D eigenvalue weighted by molar-refractivity contribution is -0.137. The topological polar surface area (TPSA) is 67.4 Å². The Hall–Kier alpha value is -3.17. The SMILES string of the molecule is CCC(Sc1cccc(NC(=O)c2cccc(OC)c2)c1)C(=O)Nc1cc(C(F)(F)F)ccc1Cl. The number of rotatable bonds is 8. The number of hydrogen-bond donors (Lipinski definition) is 2. The number of halogens is 4. The van der Waals surface area contributed by atoms with E-state index in [2.05, 4.69) is 10.6 Å². The number of alkyl halides is 3. The maximum atomic E-state index is 13.0. The van der Waals surface area contributed by atoms with E-state index in [1.54, 1.807) is 55.5 Å². The summed E-state index contributed by atoms with van der Waals surface area (Å²) < 4.78 is 44.2. The van der Waals surface area contributed by atoms with Gasteiger partial charge in [0.2, 0.25) is 5.91 Å². The fourth-order valence-corrected chi connectivity index (χ4v) is 4.29. The summed E-state index contributed by atoms with van der Waals surface area (Å²) in [4.78, 5) is 26.1. The van der Waals surface area contributed by atoms with Crippen molar-refractivity contribution in [2.45, 2.75) is 29.7 Å². The molecule has 0 bridgehead atoms. The van der Waals surface area contributed by atoms with Crippen LogP contribution in [-0.2, 0) is 11.0 Å². The van der Waals surface area contributed by atoms with E-state index in [1.807, 2.05) is 0 Å². The summed E-state index contributed by atoms with van der Waals surface area (Å²) >= 11 is 7.23. The Morgan fingerprint density at radius 2 is 1.77 bits per heavy atom. The van der Waals surface area contributed by atoms with Gasteiger partial charge in [0, 0.05) is 16.1 Å². The van der Waals surface area contributed by atoms with Gasteiger partial charge in [-0.05, 0) is 61.0 Å². The first-order valence-corrected chi connectivity index (χ1v) is 11.8. The molecule has 10 heteroatoms. The third kappa shape index (κ3) is 7.16. The van der Waals surface area contributed by atoms with Crippen LogP contribution in [0, 0.1) is 0 Å². The van der Waals surface area contributed by atoms with Gasteiger partial charge in [-0.1, -0.05) is 30.7 Å². The van der Waals surface area contributed by atoms with Crippen molar-refractivity contribution in [2.24, 2.45) is 0 Å². The lowest BCUT2D eigenvalue weighted by atomic mass is 10.2. The van der Waals surface area contributed by atoms with E-state index >= 15 is 0 Å². The molecule has 0 aliphatic rings. The zero-order valence-corrected chi connectivity index (χ0v) is 20.4. The molecule has 3 rings (SSSR count). The van der Waals surface area contributed by atoms with Crippen molar-refractivity contribution in [1.82, 2.24) is 0 Å². The fraction of sp³-hybridized carbons (Fsp3) is 0.200. The normalized spacial score (nSPS) is 12.1. The molecule has 1 unspecified atom stereocenters. The minimum absolute atomic E-state index is 0.00783. The summed E-state index contributed by atoms with van der Waals surface area (Å²) in [7, 11) is 1.51. The number of methoxy groups -OCH3 is 1. The molecule has 2 N–H and O–H groups in total. The van der Waals surface area contributed by atoms with E-state index in [1.165, 1.54) is 18.9 Å². The highest BCUT2D eigenvalue weighted by Gasteiger charge is 2.31. The number of amides is 2. The zero-order chi connectivity index (χ0) is 25.6. The van der Waals surface area contributed by atoms with Gasteiger partial charge in [0.15, 0.2) is 0 Å². The number of carbonyl (C=O) groups is 2. The summed E-state index contributed by atoms with van der Waals surface area (Å²) in [6, 6.07) is 16.4. The molecule has 0 fully saturated rings. The fourth-order valence-electron chi connectivity index (χ4n) is 3.11. The predicted octanol–water partition coefficient (Wildman–Crippen LogP) is 7.13. The molecule has 3 aromatic rings. The second-order valence-electron chi connectivity index (χ2n) is 7.41. The summed E-state index contributed by atoms with van der Waals surface area (Å²) in [5.41, 5.74) is -0.0626. The van der Waals surface area contributed by atoms with Crippen LogP contribution in [0.15, 0.2) is 71.6 Å². The lowest BCUT2D eigenvalue weighted by Crippen LogP contribution is -2.25. The standard InChI is InChI=1S/C25H22ClF3N2O3S/c1-3-22(24(33)31-21-13-16(25(27,28)29)10-11-20(21)26)35-19-9-5-7-17(14-19)30-23(32)15-6-4-8-18(12-15)34-2/h4-14,22H,3H2,1-2H3,(H,30,32)(H,31,33). The number of benzene rings is 3. The van der Waals surface area contributed by atoms with Crippen LogP contribution in [0.25, 0.3) is 0 Å². The molecule has 184 valence electrons. The molecule has 0 spiro atoms. The third-order valence-corrected chi connectivity index (χ3v) is 6.60. The largest absolute Gasteiger partial charge is 0.497 e. The van der Waals surface area contributed by atoms with Crippen LogP contribution in [0.4, 0.5) is 24.5 Å². The predicted molar refractivity (Wildman–Crippen MR) is 132 cm³/mol. The zero-order valence-electron chi connectivity index (χ0n) is 18.8. The van der Waals surface area contributed by atoms with Gasteiger partial charge in [0.05, 0.1) is 28.6 Å². The Morgan fingerprint density at radius 3 is 2.46 bits per heavy atom. The average molecular weight is 523 g/mol. The highest BCUT2D eigenvalue weighted by atomic mass is 35.5. The molecule has 0 aliphatic heterocycles. The second-order valence-corrected chi connectivity index (χ2v) is 9.09. The Labute approximate surface area is 210 Å². The number of ether oxygens (including phenoxy) is 1. The summed E-state index contributed by atoms with van der Waals surface area (Å²) in [5, 5.41) is 4.71. The van der Waals surface area contributed by atoms with Crippen molar-refractivity contribution in [1.29, 1.82) is 0 Å². The number of anilines is 2. The summed E-state index contributed by atoms with van der Waals surface area (Å²) in [6.45, 7) is 1.79. The molecule has 3 aromatic carbocycles. The van der Waals surface area contributed by atoms with Gasteiger partial charge >= 0.3 is 6.18 Å². The van der Waals surface area contributed by atoms with Gasteiger partial charge < -0.3 is 15.4 Å². The molecule has 5 nitrogen and oxygen atoms in total. The van der Waals surface area contributed by atoms with Crippen molar-refractivity contribution >= 4 is 46.6 Å². The Bertz CT molecular complexity index is 1220. The van der Waals surface area contributed by atoms with Crippen LogP contribution in [0.3, 0.4) is 0 Å². The molecule has 0 aromatic heterocycles. The van der Waals surface area contributed by atoms with Crippen LogP contribution >= 0.6 is 23.4 Å². The molecule has 35 heavy (non-hydrogen) atoms. The van der Waals surface area contributed by atoms with E-state index in [0.29, 0.717) is 28.3 Å². The molecule has 2 amide bonds. The quantitative estimate of drug-likeness (QED) is 0.309. The van der Waals surface area contributed by atoms with Gasteiger partial charge in [-0.2, -0.15) is 13.2 Å². The van der Waals surface area contributed by atoms with E-state index in [4.69, 9.17) is 16.3 Å². The molecule has 0 heterocycles. The van der Waals surface area contributed by atoms with Crippen LogP contribution < -0.4 is 15.4 Å². The first-order chi connectivity index (χ1) is 16.6. The highest BCUT2D eigenvalue weighted by Crippen LogP contribution is 2.35. The molecule has 0 aliphatic carbocycles. The number of carbonyl (C=O) groups excluding carboxylic acids is 2. The van der Waals surface area contributed by atoms with E-state index in [9.17, 15) is 22.8 Å². The Kier molecular flexibility index (Phi) is 8.69. The number of hydrogen-bond acceptors (Lipinski definition) is 4. The number of nitrogens with one attached hydrogen (secondary N) is 2. The average Bonchev–Trinajstić information content (AvgIpc) is 2.83. The lowest BCUT2D eigenvalue weighted by Gasteiger charge is -2.17. The molecular weight excluding hydrogens is 501 g/mol. The van der Waals surface area contributed by atoms with Crippen molar-refractivity contribution in [3.63, 3.8) is 0 Å². The van der Waals surface area contributed by atoms with Crippen LogP contribution in [0.2, 0.25) is 5.02 Å². The molecule has 0 saturated heterocycles. The van der Waals surface area contributed by atoms with Crippen molar-refractivity contribution < 1.29 is 27.5 Å². The van der Waals surface area contributed by atoms with Crippen LogP contribution in [0.5, 0.6) is 5.75 Å². The Morgan fingerprint density at radius 1 is 1.03 bits per heavy atom. The van der Waals surface area contributed by atoms with E-state index in [-0.39, 0.29) is 16.6 Å². The third-order valence-electron chi connectivity index (χ3n) is 4.92. The van der Waals surface area contributed by atoms with Gasteiger partial charge in [0.25, 0.3) is 5.91 Å². The number of thioether (sulfide) groups is 1. The molecular formula is C25H22ClF3N2O3S.